The third-order valence-corrected chi connectivity index (χ3v) is 7.18. The van der Waals surface area contributed by atoms with Crippen LogP contribution in [0.25, 0.3) is 0 Å². The van der Waals surface area contributed by atoms with Crippen molar-refractivity contribution < 1.29 is 22.7 Å². The van der Waals surface area contributed by atoms with Crippen LogP contribution >= 0.6 is 0 Å². The van der Waals surface area contributed by atoms with Crippen molar-refractivity contribution in [3.8, 4) is 0 Å². The van der Waals surface area contributed by atoms with Gasteiger partial charge in [-0.1, -0.05) is 12.1 Å². The van der Waals surface area contributed by atoms with E-state index in [2.05, 4.69) is 15.5 Å². The van der Waals surface area contributed by atoms with E-state index in [-0.39, 0.29) is 16.4 Å². The number of anilines is 1. The van der Waals surface area contributed by atoms with E-state index in [4.69, 9.17) is 4.74 Å². The molecule has 2 aromatic rings. The second-order valence-corrected chi connectivity index (χ2v) is 10.0. The first-order chi connectivity index (χ1) is 15.8. The highest BCUT2D eigenvalue weighted by atomic mass is 32.2. The SMILES string of the molecule is CN(C)S(=O)(=O)c1ccc(C(=O)Nc2ccccc2C(=O)NCCCN2CCOCC2)cc1. The van der Waals surface area contributed by atoms with E-state index in [1.54, 1.807) is 24.3 Å². The largest absolute Gasteiger partial charge is 0.379 e. The Bertz CT molecular complexity index is 1060. The Hall–Kier alpha value is -2.79. The second-order valence-electron chi connectivity index (χ2n) is 7.87. The summed E-state index contributed by atoms with van der Waals surface area (Å²) < 4.78 is 30.8. The van der Waals surface area contributed by atoms with E-state index in [1.807, 2.05) is 0 Å². The molecule has 9 nitrogen and oxygen atoms in total. The summed E-state index contributed by atoms with van der Waals surface area (Å²) in [5, 5.41) is 5.66. The van der Waals surface area contributed by atoms with Gasteiger partial charge in [-0.2, -0.15) is 0 Å². The van der Waals surface area contributed by atoms with Crippen molar-refractivity contribution in [1.29, 1.82) is 0 Å². The summed E-state index contributed by atoms with van der Waals surface area (Å²) in [4.78, 5) is 27.8. The van der Waals surface area contributed by atoms with Gasteiger partial charge in [-0.05, 0) is 49.4 Å². The van der Waals surface area contributed by atoms with Crippen molar-refractivity contribution in [2.75, 3.05) is 58.8 Å². The summed E-state index contributed by atoms with van der Waals surface area (Å²) in [5.74, 6) is -0.698. The lowest BCUT2D eigenvalue weighted by molar-refractivity contribution is 0.0374. The molecule has 2 aromatic carbocycles. The average molecular weight is 475 g/mol. The van der Waals surface area contributed by atoms with Crippen molar-refractivity contribution >= 4 is 27.5 Å². The summed E-state index contributed by atoms with van der Waals surface area (Å²) in [6.45, 7) is 4.72. The van der Waals surface area contributed by atoms with Crippen LogP contribution in [0.5, 0.6) is 0 Å². The molecule has 0 radical (unpaired) electrons. The molecule has 0 spiro atoms. The maximum Gasteiger partial charge on any atom is 0.255 e. The van der Waals surface area contributed by atoms with Crippen LogP contribution in [0, 0.1) is 0 Å². The van der Waals surface area contributed by atoms with Crippen LogP contribution in [-0.2, 0) is 14.8 Å². The highest BCUT2D eigenvalue weighted by Gasteiger charge is 2.18. The number of hydrogen-bond acceptors (Lipinski definition) is 6. The Kier molecular flexibility index (Phi) is 8.56. The monoisotopic (exact) mass is 474 g/mol. The predicted octanol–water partition coefficient (Wildman–Crippen LogP) is 1.64. The van der Waals surface area contributed by atoms with Gasteiger partial charge in [0.25, 0.3) is 11.8 Å². The minimum Gasteiger partial charge on any atom is -0.379 e. The fourth-order valence-corrected chi connectivity index (χ4v) is 4.30. The zero-order valence-corrected chi connectivity index (χ0v) is 19.7. The fourth-order valence-electron chi connectivity index (χ4n) is 3.40. The first-order valence-corrected chi connectivity index (χ1v) is 12.2. The summed E-state index contributed by atoms with van der Waals surface area (Å²) in [6.07, 6.45) is 0.822. The van der Waals surface area contributed by atoms with Crippen LogP contribution in [0.15, 0.2) is 53.4 Å². The molecule has 1 fully saturated rings. The zero-order chi connectivity index (χ0) is 23.8. The fraction of sp³-hybridized carbons (Fsp3) is 0.391. The Morgan fingerprint density at radius 3 is 2.33 bits per heavy atom. The van der Waals surface area contributed by atoms with E-state index in [1.165, 1.54) is 38.4 Å². The molecule has 3 rings (SSSR count). The molecule has 0 aromatic heterocycles. The van der Waals surface area contributed by atoms with Crippen LogP contribution in [0.2, 0.25) is 0 Å². The van der Waals surface area contributed by atoms with E-state index in [0.717, 1.165) is 43.6 Å². The third-order valence-electron chi connectivity index (χ3n) is 5.36. The summed E-state index contributed by atoms with van der Waals surface area (Å²) in [6, 6.07) is 12.4. The number of carbonyl (C=O) groups is 2. The van der Waals surface area contributed by atoms with Crippen molar-refractivity contribution in [2.24, 2.45) is 0 Å². The molecular weight excluding hydrogens is 444 g/mol. The number of hydrogen-bond donors (Lipinski definition) is 2. The molecule has 1 heterocycles. The molecule has 1 saturated heterocycles. The standard InChI is InChI=1S/C23H30N4O5S/c1-26(2)33(30,31)19-10-8-18(9-11-19)22(28)25-21-7-4-3-6-20(21)23(29)24-12-5-13-27-14-16-32-17-15-27/h3-4,6-11H,5,12-17H2,1-2H3,(H,24,29)(H,25,28). The van der Waals surface area contributed by atoms with Crippen molar-refractivity contribution in [2.45, 2.75) is 11.3 Å². The quantitative estimate of drug-likeness (QED) is 0.535. The average Bonchev–Trinajstić information content (AvgIpc) is 2.82. The molecule has 0 saturated carbocycles. The first kappa shape index (κ1) is 24.8. The Morgan fingerprint density at radius 1 is 1.00 bits per heavy atom. The molecule has 178 valence electrons. The zero-order valence-electron chi connectivity index (χ0n) is 18.9. The van der Waals surface area contributed by atoms with Crippen LogP contribution in [0.1, 0.15) is 27.1 Å². The van der Waals surface area contributed by atoms with Gasteiger partial charge in [0.1, 0.15) is 0 Å². The molecule has 0 atom stereocenters. The number of morpholine rings is 1. The Balaban J connectivity index is 1.59. The Labute approximate surface area is 194 Å². The van der Waals surface area contributed by atoms with Gasteiger partial charge in [-0.3, -0.25) is 14.5 Å². The lowest BCUT2D eigenvalue weighted by atomic mass is 10.1. The predicted molar refractivity (Wildman–Crippen MR) is 126 cm³/mol. The number of para-hydroxylation sites is 1. The van der Waals surface area contributed by atoms with E-state index in [0.29, 0.717) is 17.8 Å². The van der Waals surface area contributed by atoms with Gasteiger partial charge in [0.15, 0.2) is 0 Å². The molecule has 0 unspecified atom stereocenters. The third kappa shape index (κ3) is 6.61. The van der Waals surface area contributed by atoms with Crippen molar-refractivity contribution in [3.63, 3.8) is 0 Å². The van der Waals surface area contributed by atoms with E-state index >= 15 is 0 Å². The number of ether oxygens (including phenoxy) is 1. The van der Waals surface area contributed by atoms with Crippen LogP contribution in [-0.4, -0.2) is 82.9 Å². The number of nitrogens with zero attached hydrogens (tertiary/aromatic N) is 2. The van der Waals surface area contributed by atoms with Crippen LogP contribution in [0.3, 0.4) is 0 Å². The van der Waals surface area contributed by atoms with E-state index < -0.39 is 15.9 Å². The smallest absolute Gasteiger partial charge is 0.255 e. The van der Waals surface area contributed by atoms with Crippen LogP contribution in [0.4, 0.5) is 5.69 Å². The lowest BCUT2D eigenvalue weighted by Gasteiger charge is -2.26. The molecular formula is C23H30N4O5S. The van der Waals surface area contributed by atoms with Gasteiger partial charge >= 0.3 is 0 Å². The molecule has 10 heteroatoms. The highest BCUT2D eigenvalue weighted by Crippen LogP contribution is 2.18. The van der Waals surface area contributed by atoms with Gasteiger partial charge in [-0.25, -0.2) is 12.7 Å². The van der Waals surface area contributed by atoms with Gasteiger partial charge in [0.05, 0.1) is 29.4 Å². The van der Waals surface area contributed by atoms with Gasteiger partial charge in [0, 0.05) is 39.3 Å². The number of benzene rings is 2. The van der Waals surface area contributed by atoms with Gasteiger partial charge < -0.3 is 15.4 Å². The van der Waals surface area contributed by atoms with Crippen molar-refractivity contribution in [1.82, 2.24) is 14.5 Å². The summed E-state index contributed by atoms with van der Waals surface area (Å²) >= 11 is 0. The Morgan fingerprint density at radius 2 is 1.67 bits per heavy atom. The molecule has 0 bridgehead atoms. The number of rotatable bonds is 9. The maximum atomic E-state index is 12.7. The summed E-state index contributed by atoms with van der Waals surface area (Å²) in [5.41, 5.74) is 1.04. The van der Waals surface area contributed by atoms with Gasteiger partial charge in [0.2, 0.25) is 10.0 Å². The number of carbonyl (C=O) groups excluding carboxylic acids is 2. The number of sulfonamides is 1. The topological polar surface area (TPSA) is 108 Å². The molecule has 33 heavy (non-hydrogen) atoms. The molecule has 1 aliphatic heterocycles. The first-order valence-electron chi connectivity index (χ1n) is 10.8. The number of nitrogens with one attached hydrogen (secondary N) is 2. The molecule has 2 amide bonds. The van der Waals surface area contributed by atoms with Crippen molar-refractivity contribution in [3.05, 3.63) is 59.7 Å². The maximum absolute atomic E-state index is 12.7. The lowest BCUT2D eigenvalue weighted by Crippen LogP contribution is -2.38. The minimum atomic E-state index is -3.58. The molecule has 1 aliphatic rings. The van der Waals surface area contributed by atoms with Gasteiger partial charge in [-0.15, -0.1) is 0 Å². The molecule has 0 aliphatic carbocycles. The molecule has 2 N–H and O–H groups in total. The van der Waals surface area contributed by atoms with Crippen LogP contribution < -0.4 is 10.6 Å². The minimum absolute atomic E-state index is 0.0981. The number of amides is 2. The van der Waals surface area contributed by atoms with E-state index in [9.17, 15) is 18.0 Å². The normalized spacial score (nSPS) is 14.8. The highest BCUT2D eigenvalue weighted by molar-refractivity contribution is 7.89. The summed E-state index contributed by atoms with van der Waals surface area (Å²) in [7, 11) is -0.685. The second kappa shape index (κ2) is 11.4.